The Morgan fingerprint density at radius 2 is 1.41 bits per heavy atom. The van der Waals surface area contributed by atoms with E-state index in [2.05, 4.69) is 0 Å². The average Bonchev–Trinajstić information content (AvgIpc) is 2.70. The normalized spacial score (nSPS) is 11.6. The number of para-hydroxylation sites is 1. The van der Waals surface area contributed by atoms with Crippen LogP contribution in [0.3, 0.4) is 0 Å². The van der Waals surface area contributed by atoms with Crippen LogP contribution in [0.2, 0.25) is 0 Å². The summed E-state index contributed by atoms with van der Waals surface area (Å²) in [5.41, 5.74) is 2.04. The molecule has 0 saturated heterocycles. The van der Waals surface area contributed by atoms with Gasteiger partial charge in [-0.25, -0.2) is 4.79 Å². The third-order valence-electron chi connectivity index (χ3n) is 4.14. The van der Waals surface area contributed by atoms with Crippen molar-refractivity contribution in [3.8, 4) is 5.75 Å². The Morgan fingerprint density at radius 3 is 2.11 bits per heavy atom. The molecule has 0 aliphatic heterocycles. The Hall–Kier alpha value is -2.91. The van der Waals surface area contributed by atoms with E-state index < -0.39 is 5.97 Å². The maximum Gasteiger partial charge on any atom is 0.343 e. The molecule has 3 aromatic rings. The molecule has 0 fully saturated rings. The van der Waals surface area contributed by atoms with E-state index in [4.69, 9.17) is 16.3 Å². The van der Waals surface area contributed by atoms with Gasteiger partial charge in [-0.05, 0) is 23.8 Å². The minimum Gasteiger partial charge on any atom is -0.423 e. The second-order valence-corrected chi connectivity index (χ2v) is 6.69. The number of carbonyl (C=O) groups excluding carboxylic acids is 2. The minimum atomic E-state index is -0.449. The minimum absolute atomic E-state index is 0.0120. The Morgan fingerprint density at radius 1 is 0.815 bits per heavy atom. The molecule has 0 aliphatic carbocycles. The van der Waals surface area contributed by atoms with Gasteiger partial charge < -0.3 is 4.74 Å². The number of esters is 1. The number of Topliss-reactive ketones (excluding diaryl/α,β-unsaturated/α-hetero) is 1. The fraction of sp³-hybridized carbons (Fsp3) is 0.130. The smallest absolute Gasteiger partial charge is 0.343 e. The van der Waals surface area contributed by atoms with E-state index in [0.717, 1.165) is 5.56 Å². The van der Waals surface area contributed by atoms with Crippen LogP contribution in [0, 0.1) is 0 Å². The first-order valence-corrected chi connectivity index (χ1v) is 9.13. The summed E-state index contributed by atoms with van der Waals surface area (Å²) in [6, 6.07) is 25.3. The third-order valence-corrected chi connectivity index (χ3v) is 4.55. The average molecular weight is 379 g/mol. The van der Waals surface area contributed by atoms with E-state index >= 15 is 0 Å². The van der Waals surface area contributed by atoms with Crippen LogP contribution in [-0.2, 0) is 11.2 Å². The van der Waals surface area contributed by atoms with Gasteiger partial charge in [0.25, 0.3) is 0 Å². The van der Waals surface area contributed by atoms with Crippen LogP contribution in [0.25, 0.3) is 0 Å². The molecule has 0 heterocycles. The topological polar surface area (TPSA) is 43.4 Å². The van der Waals surface area contributed by atoms with Gasteiger partial charge in [0.1, 0.15) is 11.5 Å². The SMILES string of the molecule is O=C(Cc1ccccc1OC(=O)c1ccccc1)CC(Cl)c1ccccc1. The molecule has 0 radical (unpaired) electrons. The molecule has 136 valence electrons. The zero-order valence-electron chi connectivity index (χ0n) is 14.7. The lowest BCUT2D eigenvalue weighted by Gasteiger charge is -2.12. The number of benzene rings is 3. The van der Waals surface area contributed by atoms with Crippen molar-refractivity contribution in [3.05, 3.63) is 102 Å². The van der Waals surface area contributed by atoms with Crippen molar-refractivity contribution in [2.24, 2.45) is 0 Å². The molecule has 0 aromatic heterocycles. The van der Waals surface area contributed by atoms with Crippen molar-refractivity contribution in [2.75, 3.05) is 0 Å². The van der Waals surface area contributed by atoms with Crippen LogP contribution >= 0.6 is 11.6 Å². The standard InChI is InChI=1S/C23H19ClO3/c24-21(17-9-3-1-4-10-17)16-20(25)15-19-13-7-8-14-22(19)27-23(26)18-11-5-2-6-12-18/h1-14,21H,15-16H2. The van der Waals surface area contributed by atoms with Crippen LogP contribution < -0.4 is 4.74 Å². The fourth-order valence-electron chi connectivity index (χ4n) is 2.75. The second kappa shape index (κ2) is 9.15. The highest BCUT2D eigenvalue weighted by Gasteiger charge is 2.17. The van der Waals surface area contributed by atoms with E-state index in [1.165, 1.54) is 0 Å². The van der Waals surface area contributed by atoms with Crippen LogP contribution in [-0.4, -0.2) is 11.8 Å². The summed E-state index contributed by atoms with van der Waals surface area (Å²) in [4.78, 5) is 24.8. The summed E-state index contributed by atoms with van der Waals surface area (Å²) in [6.07, 6.45) is 0.376. The molecule has 0 bridgehead atoms. The Bertz CT molecular complexity index is 907. The van der Waals surface area contributed by atoms with E-state index in [1.54, 1.807) is 42.5 Å². The quantitative estimate of drug-likeness (QED) is 0.314. The monoisotopic (exact) mass is 378 g/mol. The first-order valence-electron chi connectivity index (χ1n) is 8.69. The Labute approximate surface area is 163 Å². The number of ether oxygens (including phenoxy) is 1. The van der Waals surface area contributed by atoms with Gasteiger partial charge >= 0.3 is 5.97 Å². The van der Waals surface area contributed by atoms with Crippen molar-refractivity contribution in [1.82, 2.24) is 0 Å². The molecule has 0 amide bonds. The van der Waals surface area contributed by atoms with Gasteiger partial charge in [0, 0.05) is 18.4 Å². The number of carbonyl (C=O) groups is 2. The molecule has 3 rings (SSSR count). The highest BCUT2D eigenvalue weighted by atomic mass is 35.5. The first kappa shape index (κ1) is 18.9. The molecular weight excluding hydrogens is 360 g/mol. The van der Waals surface area contributed by atoms with Crippen molar-refractivity contribution >= 4 is 23.4 Å². The van der Waals surface area contributed by atoms with Crippen LogP contribution in [0.4, 0.5) is 0 Å². The summed E-state index contributed by atoms with van der Waals surface area (Å²) < 4.78 is 5.50. The zero-order chi connectivity index (χ0) is 19.1. The molecule has 3 aromatic carbocycles. The maximum atomic E-state index is 12.5. The van der Waals surface area contributed by atoms with Crippen molar-refractivity contribution in [3.63, 3.8) is 0 Å². The lowest BCUT2D eigenvalue weighted by Crippen LogP contribution is -2.12. The fourth-order valence-corrected chi connectivity index (χ4v) is 3.06. The van der Waals surface area contributed by atoms with Gasteiger partial charge in [-0.15, -0.1) is 11.6 Å². The summed E-state index contributed by atoms with van der Waals surface area (Å²) in [6.45, 7) is 0. The summed E-state index contributed by atoms with van der Waals surface area (Å²) in [5, 5.41) is -0.377. The van der Waals surface area contributed by atoms with E-state index in [1.807, 2.05) is 42.5 Å². The maximum absolute atomic E-state index is 12.5. The number of alkyl halides is 1. The lowest BCUT2D eigenvalue weighted by molar-refractivity contribution is -0.118. The summed E-state index contributed by atoms with van der Waals surface area (Å²) in [5.74, 6) is -0.0670. The molecule has 0 spiro atoms. The number of rotatable bonds is 7. The van der Waals surface area contributed by atoms with Crippen molar-refractivity contribution in [2.45, 2.75) is 18.2 Å². The molecule has 3 nitrogen and oxygen atoms in total. The van der Waals surface area contributed by atoms with Gasteiger partial charge in [-0.3, -0.25) is 4.79 Å². The van der Waals surface area contributed by atoms with Gasteiger partial charge in [-0.2, -0.15) is 0 Å². The second-order valence-electron chi connectivity index (χ2n) is 6.16. The molecule has 27 heavy (non-hydrogen) atoms. The lowest BCUT2D eigenvalue weighted by atomic mass is 10.0. The molecule has 0 N–H and O–H groups in total. The molecular formula is C23H19ClO3. The molecule has 1 atom stereocenters. The first-order chi connectivity index (χ1) is 13.1. The Balaban J connectivity index is 1.67. The van der Waals surface area contributed by atoms with Crippen LogP contribution in [0.15, 0.2) is 84.9 Å². The Kier molecular flexibility index (Phi) is 6.39. The molecule has 1 unspecified atom stereocenters. The number of hydrogen-bond acceptors (Lipinski definition) is 3. The third kappa shape index (κ3) is 5.28. The summed E-state index contributed by atoms with van der Waals surface area (Å²) >= 11 is 6.37. The highest BCUT2D eigenvalue weighted by Crippen LogP contribution is 2.26. The van der Waals surface area contributed by atoms with Gasteiger partial charge in [0.2, 0.25) is 0 Å². The number of hydrogen-bond donors (Lipinski definition) is 0. The molecule has 0 saturated carbocycles. The largest absolute Gasteiger partial charge is 0.423 e. The van der Waals surface area contributed by atoms with Crippen molar-refractivity contribution < 1.29 is 14.3 Å². The van der Waals surface area contributed by atoms with E-state index in [-0.39, 0.29) is 24.0 Å². The van der Waals surface area contributed by atoms with Crippen molar-refractivity contribution in [1.29, 1.82) is 0 Å². The summed E-state index contributed by atoms with van der Waals surface area (Å²) in [7, 11) is 0. The van der Waals surface area contributed by atoms with E-state index in [9.17, 15) is 9.59 Å². The van der Waals surface area contributed by atoms with Crippen LogP contribution in [0.5, 0.6) is 5.75 Å². The van der Waals surface area contributed by atoms with Gasteiger partial charge in [0.15, 0.2) is 0 Å². The predicted molar refractivity (Wildman–Crippen MR) is 106 cm³/mol. The number of halogens is 1. The molecule has 4 heteroatoms. The van der Waals surface area contributed by atoms with E-state index in [0.29, 0.717) is 16.9 Å². The highest BCUT2D eigenvalue weighted by molar-refractivity contribution is 6.22. The van der Waals surface area contributed by atoms with Gasteiger partial charge in [0.05, 0.1) is 10.9 Å². The number of ketones is 1. The molecule has 0 aliphatic rings. The predicted octanol–water partition coefficient (Wildman–Crippen LogP) is 5.39. The zero-order valence-corrected chi connectivity index (χ0v) is 15.4. The van der Waals surface area contributed by atoms with Crippen LogP contribution in [0.1, 0.15) is 33.3 Å². The van der Waals surface area contributed by atoms with Gasteiger partial charge in [-0.1, -0.05) is 66.7 Å².